The molecule has 80 valence electrons. The first-order valence-electron chi connectivity index (χ1n) is 4.29. The van der Waals surface area contributed by atoms with Crippen molar-refractivity contribution in [3.63, 3.8) is 0 Å². The minimum absolute atomic E-state index is 0.0859. The molecule has 1 aromatic rings. The Bertz CT molecular complexity index is 402. The summed E-state index contributed by atoms with van der Waals surface area (Å²) in [5.74, 6) is -0.665. The summed E-state index contributed by atoms with van der Waals surface area (Å²) in [6.45, 7) is 1.09. The van der Waals surface area contributed by atoms with E-state index in [4.69, 9.17) is 23.2 Å². The molecule has 2 amide bonds. The van der Waals surface area contributed by atoms with E-state index >= 15 is 0 Å². The first-order valence-corrected chi connectivity index (χ1v) is 5.05. The average molecular weight is 249 g/mol. The van der Waals surface area contributed by atoms with Crippen molar-refractivity contribution >= 4 is 34.9 Å². The van der Waals surface area contributed by atoms with Gasteiger partial charge < -0.3 is 5.32 Å². The Labute approximate surface area is 95.8 Å². The fraction of sp³-hybridized carbons (Fsp3) is 0.222. The number of anilines is 1. The molecule has 0 saturated carbocycles. The summed E-state index contributed by atoms with van der Waals surface area (Å²) in [7, 11) is 0. The number of nitrogens with zero attached hydrogens (tertiary/aromatic N) is 1. The molecule has 0 spiro atoms. The Kier molecular flexibility index (Phi) is 2.71. The highest BCUT2D eigenvalue weighted by atomic mass is 35.5. The second kappa shape index (κ2) is 3.87. The summed E-state index contributed by atoms with van der Waals surface area (Å²) >= 11 is 11.3. The third-order valence-electron chi connectivity index (χ3n) is 2.14. The van der Waals surface area contributed by atoms with Crippen molar-refractivity contribution in [1.29, 1.82) is 0 Å². The van der Waals surface area contributed by atoms with Gasteiger partial charge in [0.25, 0.3) is 0 Å². The summed E-state index contributed by atoms with van der Waals surface area (Å²) in [5, 5.41) is 2.46. The summed E-state index contributed by atoms with van der Waals surface area (Å²) in [6.07, 6.45) is 0. The van der Waals surface area contributed by atoms with Crippen LogP contribution in [0.1, 0.15) is 0 Å². The quantitative estimate of drug-likeness (QED) is 0.762. The number of carbonyl (C=O) groups excluding carboxylic acids is 1. The lowest BCUT2D eigenvalue weighted by atomic mass is 10.3. The number of amides is 2. The zero-order chi connectivity index (χ0) is 11.0. The minimum atomic E-state index is -0.665. The maximum absolute atomic E-state index is 13.1. The number of rotatable bonds is 1. The third kappa shape index (κ3) is 1.87. The van der Waals surface area contributed by atoms with E-state index in [2.05, 4.69) is 5.32 Å². The summed E-state index contributed by atoms with van der Waals surface area (Å²) in [4.78, 5) is 12.8. The number of carbonyl (C=O) groups is 1. The Morgan fingerprint density at radius 1 is 1.33 bits per heavy atom. The highest BCUT2D eigenvalue weighted by molar-refractivity contribution is 6.35. The number of hydrogen-bond acceptors (Lipinski definition) is 1. The number of hydrogen-bond donors (Lipinski definition) is 1. The highest BCUT2D eigenvalue weighted by Gasteiger charge is 2.22. The molecule has 3 nitrogen and oxygen atoms in total. The van der Waals surface area contributed by atoms with Crippen LogP contribution in [0, 0.1) is 5.82 Å². The molecule has 6 heteroatoms. The molecule has 0 unspecified atom stereocenters. The zero-order valence-corrected chi connectivity index (χ0v) is 9.07. The van der Waals surface area contributed by atoms with Gasteiger partial charge in [0, 0.05) is 18.8 Å². The van der Waals surface area contributed by atoms with E-state index in [1.807, 2.05) is 0 Å². The van der Waals surface area contributed by atoms with Gasteiger partial charge >= 0.3 is 6.03 Å². The van der Waals surface area contributed by atoms with Gasteiger partial charge in [-0.2, -0.15) is 0 Å². The van der Waals surface area contributed by atoms with Crippen molar-refractivity contribution in [2.45, 2.75) is 0 Å². The molecule has 0 radical (unpaired) electrons. The molecule has 0 aromatic heterocycles. The molecule has 1 aliphatic heterocycles. The van der Waals surface area contributed by atoms with Crippen LogP contribution in [0.3, 0.4) is 0 Å². The van der Waals surface area contributed by atoms with Gasteiger partial charge in [0.05, 0.1) is 10.0 Å². The lowest BCUT2D eigenvalue weighted by molar-refractivity contribution is 0.252. The van der Waals surface area contributed by atoms with Crippen molar-refractivity contribution in [1.82, 2.24) is 5.32 Å². The Morgan fingerprint density at radius 2 is 1.93 bits per heavy atom. The fourth-order valence-electron chi connectivity index (χ4n) is 1.42. The fourth-order valence-corrected chi connectivity index (χ4v) is 1.89. The van der Waals surface area contributed by atoms with Crippen LogP contribution in [0.25, 0.3) is 0 Å². The molecule has 1 aliphatic rings. The first-order chi connectivity index (χ1) is 7.09. The van der Waals surface area contributed by atoms with Crippen LogP contribution in [-0.4, -0.2) is 19.1 Å². The Morgan fingerprint density at radius 3 is 2.40 bits per heavy atom. The number of benzene rings is 1. The van der Waals surface area contributed by atoms with Crippen molar-refractivity contribution in [3.05, 3.63) is 28.0 Å². The van der Waals surface area contributed by atoms with E-state index in [9.17, 15) is 9.18 Å². The molecule has 0 atom stereocenters. The minimum Gasteiger partial charge on any atom is -0.336 e. The molecule has 1 fully saturated rings. The van der Waals surface area contributed by atoms with Gasteiger partial charge in [-0.05, 0) is 12.1 Å². The number of nitrogens with one attached hydrogen (secondary N) is 1. The smallest absolute Gasteiger partial charge is 0.321 e. The summed E-state index contributed by atoms with van der Waals surface area (Å²) in [5.41, 5.74) is 0.501. The van der Waals surface area contributed by atoms with E-state index in [0.29, 0.717) is 18.8 Å². The first kappa shape index (κ1) is 10.5. The van der Waals surface area contributed by atoms with Crippen LogP contribution < -0.4 is 10.2 Å². The molecular weight excluding hydrogens is 242 g/mol. The van der Waals surface area contributed by atoms with Crippen LogP contribution in [0.5, 0.6) is 0 Å². The maximum Gasteiger partial charge on any atom is 0.321 e. The average Bonchev–Trinajstić information content (AvgIpc) is 2.60. The molecule has 15 heavy (non-hydrogen) atoms. The van der Waals surface area contributed by atoms with Gasteiger partial charge in [-0.1, -0.05) is 23.2 Å². The topological polar surface area (TPSA) is 32.3 Å². The van der Waals surface area contributed by atoms with Crippen LogP contribution in [0.2, 0.25) is 10.0 Å². The molecule has 0 aliphatic carbocycles. The van der Waals surface area contributed by atoms with Crippen LogP contribution in [-0.2, 0) is 0 Å². The molecule has 1 aromatic carbocycles. The Balaban J connectivity index is 2.41. The molecule has 1 heterocycles. The monoisotopic (exact) mass is 248 g/mol. The second-order valence-electron chi connectivity index (χ2n) is 3.11. The predicted molar refractivity (Wildman–Crippen MR) is 57.2 cm³/mol. The van der Waals surface area contributed by atoms with Crippen LogP contribution in [0.15, 0.2) is 12.1 Å². The molecule has 2 rings (SSSR count). The predicted octanol–water partition coefficient (Wildman–Crippen LogP) is 2.66. The molecular formula is C9H7Cl2FN2O. The lowest BCUT2D eigenvalue weighted by Crippen LogP contribution is -2.27. The number of urea groups is 1. The lowest BCUT2D eigenvalue weighted by Gasteiger charge is -2.15. The number of halogens is 3. The van der Waals surface area contributed by atoms with Crippen molar-refractivity contribution in [3.8, 4) is 0 Å². The second-order valence-corrected chi connectivity index (χ2v) is 3.92. The van der Waals surface area contributed by atoms with E-state index in [1.54, 1.807) is 0 Å². The van der Waals surface area contributed by atoms with Gasteiger partial charge in [0.1, 0.15) is 0 Å². The van der Waals surface area contributed by atoms with Gasteiger partial charge in [-0.3, -0.25) is 4.90 Å². The van der Waals surface area contributed by atoms with Crippen molar-refractivity contribution < 1.29 is 9.18 Å². The van der Waals surface area contributed by atoms with Crippen molar-refractivity contribution in [2.24, 2.45) is 0 Å². The maximum atomic E-state index is 13.1. The van der Waals surface area contributed by atoms with Crippen molar-refractivity contribution in [2.75, 3.05) is 18.0 Å². The van der Waals surface area contributed by atoms with Gasteiger partial charge in [0.15, 0.2) is 5.82 Å². The SMILES string of the molecule is O=C1NCCN1c1cc(Cl)c(F)c(Cl)c1. The van der Waals surface area contributed by atoms with E-state index in [-0.39, 0.29) is 16.1 Å². The van der Waals surface area contributed by atoms with E-state index < -0.39 is 5.82 Å². The standard InChI is InChI=1S/C9H7Cl2FN2O/c10-6-3-5(4-7(11)8(6)12)14-2-1-13-9(14)15/h3-4H,1-2H2,(H,13,15). The summed E-state index contributed by atoms with van der Waals surface area (Å²) < 4.78 is 13.1. The summed E-state index contributed by atoms with van der Waals surface area (Å²) in [6, 6.07) is 2.54. The van der Waals surface area contributed by atoms with Gasteiger partial charge in [-0.15, -0.1) is 0 Å². The third-order valence-corrected chi connectivity index (χ3v) is 2.69. The van der Waals surface area contributed by atoms with Crippen LogP contribution in [0.4, 0.5) is 14.9 Å². The molecule has 1 N–H and O–H groups in total. The zero-order valence-electron chi connectivity index (χ0n) is 7.56. The Hall–Kier alpha value is -1.00. The van der Waals surface area contributed by atoms with Gasteiger partial charge in [-0.25, -0.2) is 9.18 Å². The molecule has 0 bridgehead atoms. The highest BCUT2D eigenvalue weighted by Crippen LogP contribution is 2.29. The van der Waals surface area contributed by atoms with Crippen LogP contribution >= 0.6 is 23.2 Å². The van der Waals surface area contributed by atoms with E-state index in [0.717, 1.165) is 0 Å². The molecule has 1 saturated heterocycles. The van der Waals surface area contributed by atoms with E-state index in [1.165, 1.54) is 17.0 Å². The van der Waals surface area contributed by atoms with Gasteiger partial charge in [0.2, 0.25) is 0 Å². The largest absolute Gasteiger partial charge is 0.336 e. The normalized spacial score (nSPS) is 15.7.